The monoisotopic (exact) mass is 525 g/mol. The molecule has 2 heterocycles. The van der Waals surface area contributed by atoms with Gasteiger partial charge in [0, 0.05) is 23.2 Å². The van der Waals surface area contributed by atoms with Crippen molar-refractivity contribution in [2.24, 2.45) is 0 Å². The highest BCUT2D eigenvalue weighted by molar-refractivity contribution is 7.14. The molecule has 0 spiro atoms. The molecule has 1 aliphatic heterocycles. The maximum absolute atomic E-state index is 13.8. The van der Waals surface area contributed by atoms with Gasteiger partial charge in [-0.2, -0.15) is 0 Å². The van der Waals surface area contributed by atoms with E-state index in [1.807, 2.05) is 72.1 Å². The van der Waals surface area contributed by atoms with Crippen molar-refractivity contribution >= 4 is 40.0 Å². The standard InChI is InChI=1S/C29H27N5O3S/c35-26(33-29-31-23(19-38-29)20-11-4-1-5-12-20)24-17-10-18-34(24)27(36)25(21-13-6-2-7-14-21)32-28(37)30-22-15-8-3-9-16-22/h1-9,11-16,19,24-25H,10,17-18H2,(H2,30,32,37)(H,31,33,35)/t24-,25+/m0/s1. The Hall–Kier alpha value is -4.50. The molecule has 192 valence electrons. The number of amides is 4. The maximum Gasteiger partial charge on any atom is 0.320 e. The van der Waals surface area contributed by atoms with Gasteiger partial charge in [-0.05, 0) is 30.5 Å². The van der Waals surface area contributed by atoms with Crippen molar-refractivity contribution in [1.82, 2.24) is 15.2 Å². The predicted octanol–water partition coefficient (Wildman–Crippen LogP) is 5.30. The zero-order valence-corrected chi connectivity index (χ0v) is 21.4. The van der Waals surface area contributed by atoms with Crippen molar-refractivity contribution in [3.8, 4) is 11.3 Å². The molecule has 0 bridgehead atoms. The fourth-order valence-corrected chi connectivity index (χ4v) is 5.21. The lowest BCUT2D eigenvalue weighted by Crippen LogP contribution is -2.49. The van der Waals surface area contributed by atoms with Gasteiger partial charge in [0.2, 0.25) is 5.91 Å². The SMILES string of the molecule is O=C(Nc1ccccc1)N[C@@H](C(=O)N1CCC[C@H]1C(=O)Nc1nc(-c2ccccc2)cs1)c1ccccc1. The van der Waals surface area contributed by atoms with Crippen LogP contribution in [0.15, 0.2) is 96.4 Å². The molecule has 5 rings (SSSR count). The van der Waals surface area contributed by atoms with E-state index in [9.17, 15) is 14.4 Å². The van der Waals surface area contributed by atoms with Crippen molar-refractivity contribution in [3.05, 3.63) is 102 Å². The number of carbonyl (C=O) groups is 3. The molecule has 4 amide bonds. The van der Waals surface area contributed by atoms with Gasteiger partial charge in [-0.3, -0.25) is 9.59 Å². The van der Waals surface area contributed by atoms with Crippen LogP contribution in [0.25, 0.3) is 11.3 Å². The molecule has 3 aromatic carbocycles. The summed E-state index contributed by atoms with van der Waals surface area (Å²) in [6.07, 6.45) is 1.22. The Morgan fingerprint density at radius 2 is 1.53 bits per heavy atom. The van der Waals surface area contributed by atoms with E-state index in [0.717, 1.165) is 11.3 Å². The number of thiazole rings is 1. The van der Waals surface area contributed by atoms with Gasteiger partial charge in [0.15, 0.2) is 5.13 Å². The highest BCUT2D eigenvalue weighted by Crippen LogP contribution is 2.28. The summed E-state index contributed by atoms with van der Waals surface area (Å²) in [4.78, 5) is 46.0. The largest absolute Gasteiger partial charge is 0.329 e. The number of nitrogens with one attached hydrogen (secondary N) is 3. The van der Waals surface area contributed by atoms with Gasteiger partial charge in [-0.15, -0.1) is 11.3 Å². The first kappa shape index (κ1) is 25.2. The lowest BCUT2D eigenvalue weighted by molar-refractivity contribution is -0.138. The molecule has 2 atom stereocenters. The van der Waals surface area contributed by atoms with Crippen molar-refractivity contribution in [1.29, 1.82) is 0 Å². The molecule has 1 aromatic heterocycles. The molecular formula is C29H27N5O3S. The van der Waals surface area contributed by atoms with Gasteiger partial charge < -0.3 is 20.9 Å². The molecule has 38 heavy (non-hydrogen) atoms. The molecular weight excluding hydrogens is 498 g/mol. The minimum atomic E-state index is -0.946. The highest BCUT2D eigenvalue weighted by atomic mass is 32.1. The quantitative estimate of drug-likeness (QED) is 0.305. The zero-order valence-electron chi connectivity index (χ0n) is 20.5. The summed E-state index contributed by atoms with van der Waals surface area (Å²) < 4.78 is 0. The molecule has 9 heteroatoms. The number of para-hydroxylation sites is 1. The molecule has 0 aliphatic carbocycles. The van der Waals surface area contributed by atoms with E-state index in [-0.39, 0.29) is 11.8 Å². The Labute approximate surface area is 224 Å². The van der Waals surface area contributed by atoms with E-state index in [1.165, 1.54) is 11.3 Å². The number of likely N-dealkylation sites (tertiary alicyclic amines) is 1. The van der Waals surface area contributed by atoms with Crippen LogP contribution in [0, 0.1) is 0 Å². The Balaban J connectivity index is 1.30. The van der Waals surface area contributed by atoms with Crippen LogP contribution in [-0.2, 0) is 9.59 Å². The molecule has 0 radical (unpaired) electrons. The van der Waals surface area contributed by atoms with Gasteiger partial charge in [0.05, 0.1) is 5.69 Å². The molecule has 3 N–H and O–H groups in total. The average molecular weight is 526 g/mol. The lowest BCUT2D eigenvalue weighted by Gasteiger charge is -2.28. The molecule has 1 aliphatic rings. The summed E-state index contributed by atoms with van der Waals surface area (Å²) in [7, 11) is 0. The van der Waals surface area contributed by atoms with E-state index in [0.29, 0.717) is 35.8 Å². The molecule has 1 saturated heterocycles. The fourth-order valence-electron chi connectivity index (χ4n) is 4.48. The Morgan fingerprint density at radius 1 is 0.868 bits per heavy atom. The predicted molar refractivity (Wildman–Crippen MR) is 149 cm³/mol. The van der Waals surface area contributed by atoms with Crippen LogP contribution in [0.4, 0.5) is 15.6 Å². The number of urea groups is 1. The molecule has 0 saturated carbocycles. The number of hydrogen-bond donors (Lipinski definition) is 3. The van der Waals surface area contributed by atoms with E-state index >= 15 is 0 Å². The van der Waals surface area contributed by atoms with E-state index in [2.05, 4.69) is 20.9 Å². The number of benzene rings is 3. The topological polar surface area (TPSA) is 103 Å². The van der Waals surface area contributed by atoms with Crippen molar-refractivity contribution in [2.45, 2.75) is 24.9 Å². The summed E-state index contributed by atoms with van der Waals surface area (Å²) in [5.74, 6) is -0.619. The van der Waals surface area contributed by atoms with Crippen LogP contribution < -0.4 is 16.0 Å². The summed E-state index contributed by atoms with van der Waals surface area (Å²) in [6.45, 7) is 0.426. The van der Waals surface area contributed by atoms with Gasteiger partial charge in [0.25, 0.3) is 5.91 Å². The first-order valence-electron chi connectivity index (χ1n) is 12.4. The third-order valence-electron chi connectivity index (χ3n) is 6.33. The smallest absolute Gasteiger partial charge is 0.320 e. The lowest BCUT2D eigenvalue weighted by atomic mass is 10.0. The van der Waals surface area contributed by atoms with Gasteiger partial charge in [-0.1, -0.05) is 78.9 Å². The summed E-state index contributed by atoms with van der Waals surface area (Å²) in [5.41, 5.74) is 3.00. The Bertz CT molecular complexity index is 1400. The number of nitrogens with zero attached hydrogens (tertiary/aromatic N) is 2. The minimum absolute atomic E-state index is 0.287. The second kappa shape index (κ2) is 11.7. The van der Waals surface area contributed by atoms with E-state index < -0.39 is 18.1 Å². The van der Waals surface area contributed by atoms with Crippen LogP contribution in [-0.4, -0.2) is 40.3 Å². The van der Waals surface area contributed by atoms with Crippen LogP contribution in [0.1, 0.15) is 24.4 Å². The van der Waals surface area contributed by atoms with Crippen molar-refractivity contribution < 1.29 is 14.4 Å². The maximum atomic E-state index is 13.8. The van der Waals surface area contributed by atoms with Crippen LogP contribution in [0.3, 0.4) is 0 Å². The van der Waals surface area contributed by atoms with Crippen LogP contribution >= 0.6 is 11.3 Å². The minimum Gasteiger partial charge on any atom is -0.329 e. The number of rotatable bonds is 7. The van der Waals surface area contributed by atoms with Crippen LogP contribution in [0.5, 0.6) is 0 Å². The highest BCUT2D eigenvalue weighted by Gasteiger charge is 2.38. The first-order chi connectivity index (χ1) is 18.6. The Kier molecular flexibility index (Phi) is 7.75. The van der Waals surface area contributed by atoms with Gasteiger partial charge in [0.1, 0.15) is 12.1 Å². The summed E-state index contributed by atoms with van der Waals surface area (Å²) in [5, 5.41) is 10.8. The molecule has 0 unspecified atom stereocenters. The average Bonchev–Trinajstić information content (AvgIpc) is 3.63. The van der Waals surface area contributed by atoms with Gasteiger partial charge in [-0.25, -0.2) is 9.78 Å². The fraction of sp³-hybridized carbons (Fsp3) is 0.172. The molecule has 1 fully saturated rings. The number of anilines is 2. The Morgan fingerprint density at radius 3 is 2.24 bits per heavy atom. The third-order valence-corrected chi connectivity index (χ3v) is 7.09. The van der Waals surface area contributed by atoms with Crippen molar-refractivity contribution in [2.75, 3.05) is 17.2 Å². The number of carbonyl (C=O) groups excluding carboxylic acids is 3. The van der Waals surface area contributed by atoms with Crippen molar-refractivity contribution in [3.63, 3.8) is 0 Å². The second-order valence-corrected chi connectivity index (χ2v) is 9.75. The van der Waals surface area contributed by atoms with Crippen LogP contribution in [0.2, 0.25) is 0 Å². The van der Waals surface area contributed by atoms with E-state index in [4.69, 9.17) is 0 Å². The van der Waals surface area contributed by atoms with Gasteiger partial charge >= 0.3 is 6.03 Å². The zero-order chi connectivity index (χ0) is 26.3. The normalized spacial score (nSPS) is 15.5. The second-order valence-electron chi connectivity index (χ2n) is 8.89. The van der Waals surface area contributed by atoms with E-state index in [1.54, 1.807) is 29.2 Å². The first-order valence-corrected chi connectivity index (χ1v) is 13.3. The summed E-state index contributed by atoms with van der Waals surface area (Å²) >= 11 is 1.34. The number of aromatic nitrogens is 1. The molecule has 4 aromatic rings. The third kappa shape index (κ3) is 5.90. The summed E-state index contributed by atoms with van der Waals surface area (Å²) in [6, 6.07) is 25.7. The molecule has 8 nitrogen and oxygen atoms in total. The number of hydrogen-bond acceptors (Lipinski definition) is 5.